The quantitative estimate of drug-likeness (QED) is 0.0737. The maximum Gasteiger partial charge on any atom is 0.222 e. The van der Waals surface area contributed by atoms with Gasteiger partial charge in [0, 0.05) is 0 Å². The number of carbonyl (C=O) groups is 1. The summed E-state index contributed by atoms with van der Waals surface area (Å²) in [5.41, 5.74) is 0. The lowest BCUT2D eigenvalue weighted by Gasteiger charge is -2.21. The highest BCUT2D eigenvalue weighted by Gasteiger charge is 2.19. The number of aliphatic hydroxyl groups excluding tert-OH is 3. The monoisotopic (exact) mass is 509 g/mol. The zero-order valence-corrected chi connectivity index (χ0v) is 23.6. The molecule has 0 saturated carbocycles. The van der Waals surface area contributed by atoms with Crippen molar-refractivity contribution in [1.82, 2.24) is 5.32 Å². The van der Waals surface area contributed by atoms with Gasteiger partial charge in [-0.15, -0.1) is 0 Å². The van der Waals surface area contributed by atoms with Crippen molar-refractivity contribution in [2.45, 2.75) is 161 Å². The molecule has 0 aromatic carbocycles. The van der Waals surface area contributed by atoms with Crippen molar-refractivity contribution in [3.05, 3.63) is 24.3 Å². The maximum atomic E-state index is 12.2. The van der Waals surface area contributed by atoms with E-state index in [-0.39, 0.29) is 18.9 Å². The van der Waals surface area contributed by atoms with Crippen LogP contribution in [0.2, 0.25) is 0 Å². The van der Waals surface area contributed by atoms with Crippen molar-refractivity contribution in [2.24, 2.45) is 0 Å². The third kappa shape index (κ3) is 23.2. The standard InChI is InChI=1S/C31H59NO4/c1-3-5-7-9-11-13-15-17-19-21-23-25-30(35)29(27-33)32-31(36)26-28(34)24-22-20-18-16-14-12-10-8-6-4-2/h15,17,23,25,28-30,33-35H,3-14,16,18-22,24,26-27H2,1-2H3,(H,32,36)/b17-15+,25-23+. The Morgan fingerprint density at radius 2 is 1.19 bits per heavy atom. The molecule has 3 atom stereocenters. The Balaban J connectivity index is 3.88. The van der Waals surface area contributed by atoms with E-state index in [0.29, 0.717) is 6.42 Å². The van der Waals surface area contributed by atoms with Gasteiger partial charge in [-0.05, 0) is 32.1 Å². The third-order valence-corrected chi connectivity index (χ3v) is 6.74. The topological polar surface area (TPSA) is 89.8 Å². The van der Waals surface area contributed by atoms with Crippen LogP contribution < -0.4 is 5.32 Å². The normalized spacial score (nSPS) is 14.5. The molecule has 0 aromatic heterocycles. The molecule has 0 saturated heterocycles. The summed E-state index contributed by atoms with van der Waals surface area (Å²) in [6, 6.07) is -0.753. The highest BCUT2D eigenvalue weighted by molar-refractivity contribution is 5.76. The fourth-order valence-corrected chi connectivity index (χ4v) is 4.35. The Bertz CT molecular complexity index is 535. The minimum Gasteiger partial charge on any atom is -0.394 e. The Hall–Kier alpha value is -1.17. The number of carbonyl (C=O) groups excluding carboxylic acids is 1. The molecule has 0 bridgehead atoms. The summed E-state index contributed by atoms with van der Waals surface area (Å²) >= 11 is 0. The van der Waals surface area contributed by atoms with Crippen molar-refractivity contribution >= 4 is 5.91 Å². The van der Waals surface area contributed by atoms with E-state index in [4.69, 9.17) is 0 Å². The number of amides is 1. The smallest absolute Gasteiger partial charge is 0.222 e. The highest BCUT2D eigenvalue weighted by atomic mass is 16.3. The number of hydrogen-bond donors (Lipinski definition) is 4. The van der Waals surface area contributed by atoms with Gasteiger partial charge < -0.3 is 20.6 Å². The molecule has 5 heteroatoms. The van der Waals surface area contributed by atoms with E-state index in [9.17, 15) is 20.1 Å². The Labute approximate surface area is 222 Å². The number of nitrogens with one attached hydrogen (secondary N) is 1. The van der Waals surface area contributed by atoms with E-state index in [2.05, 4.69) is 31.3 Å². The molecule has 0 aliphatic rings. The molecular formula is C31H59NO4. The predicted octanol–water partition coefficient (Wildman–Crippen LogP) is 7.14. The summed E-state index contributed by atoms with van der Waals surface area (Å²) in [5.74, 6) is -0.331. The van der Waals surface area contributed by atoms with Crippen molar-refractivity contribution in [3.8, 4) is 0 Å². The molecule has 0 fully saturated rings. The van der Waals surface area contributed by atoms with Gasteiger partial charge in [-0.3, -0.25) is 4.79 Å². The maximum absolute atomic E-state index is 12.2. The van der Waals surface area contributed by atoms with Gasteiger partial charge in [-0.1, -0.05) is 128 Å². The first-order valence-electron chi connectivity index (χ1n) is 15.1. The first-order chi connectivity index (χ1) is 17.5. The van der Waals surface area contributed by atoms with Crippen LogP contribution in [0.3, 0.4) is 0 Å². The van der Waals surface area contributed by atoms with Gasteiger partial charge in [0.25, 0.3) is 0 Å². The third-order valence-electron chi connectivity index (χ3n) is 6.74. The van der Waals surface area contributed by atoms with E-state index < -0.39 is 18.2 Å². The van der Waals surface area contributed by atoms with Gasteiger partial charge >= 0.3 is 0 Å². The van der Waals surface area contributed by atoms with Gasteiger partial charge in [0.1, 0.15) is 0 Å². The number of unbranched alkanes of at least 4 members (excludes halogenated alkanes) is 15. The molecule has 0 rings (SSSR count). The zero-order chi connectivity index (χ0) is 26.7. The fraction of sp³-hybridized carbons (Fsp3) is 0.839. The summed E-state index contributed by atoms with van der Waals surface area (Å²) < 4.78 is 0. The molecule has 5 nitrogen and oxygen atoms in total. The van der Waals surface area contributed by atoms with Gasteiger partial charge in [0.2, 0.25) is 5.91 Å². The van der Waals surface area contributed by atoms with Crippen LogP contribution in [0.15, 0.2) is 24.3 Å². The van der Waals surface area contributed by atoms with E-state index in [0.717, 1.165) is 32.1 Å². The second-order valence-electron chi connectivity index (χ2n) is 10.4. The zero-order valence-electron chi connectivity index (χ0n) is 23.6. The first kappa shape index (κ1) is 34.8. The van der Waals surface area contributed by atoms with Crippen LogP contribution in [0.1, 0.15) is 142 Å². The van der Waals surface area contributed by atoms with Crippen molar-refractivity contribution < 1.29 is 20.1 Å². The van der Waals surface area contributed by atoms with Gasteiger partial charge in [0.05, 0.1) is 31.3 Å². The molecule has 36 heavy (non-hydrogen) atoms. The molecule has 4 N–H and O–H groups in total. The molecule has 1 amide bonds. The number of rotatable bonds is 26. The molecular weight excluding hydrogens is 450 g/mol. The van der Waals surface area contributed by atoms with E-state index in [1.54, 1.807) is 6.08 Å². The Morgan fingerprint density at radius 3 is 1.78 bits per heavy atom. The summed E-state index contributed by atoms with van der Waals surface area (Å²) in [5, 5.41) is 32.7. The van der Waals surface area contributed by atoms with Crippen molar-refractivity contribution in [3.63, 3.8) is 0 Å². The average Bonchev–Trinajstić information content (AvgIpc) is 2.86. The minimum absolute atomic E-state index is 0.00754. The Kier molecular flexibility index (Phi) is 26.0. The average molecular weight is 510 g/mol. The molecule has 3 unspecified atom stereocenters. The van der Waals surface area contributed by atoms with E-state index in [1.165, 1.54) is 83.5 Å². The van der Waals surface area contributed by atoms with Crippen molar-refractivity contribution in [2.75, 3.05) is 6.61 Å². The lowest BCUT2D eigenvalue weighted by atomic mass is 10.0. The molecule has 212 valence electrons. The van der Waals surface area contributed by atoms with Crippen LogP contribution in [0, 0.1) is 0 Å². The van der Waals surface area contributed by atoms with E-state index in [1.807, 2.05) is 6.08 Å². The van der Waals surface area contributed by atoms with Crippen LogP contribution in [0.25, 0.3) is 0 Å². The summed E-state index contributed by atoms with van der Waals surface area (Å²) in [6.45, 7) is 4.12. The molecule has 0 spiro atoms. The first-order valence-corrected chi connectivity index (χ1v) is 15.1. The van der Waals surface area contributed by atoms with Crippen LogP contribution in [0.4, 0.5) is 0 Å². The summed E-state index contributed by atoms with van der Waals surface area (Å²) in [4.78, 5) is 12.2. The molecule has 0 aliphatic heterocycles. The Morgan fingerprint density at radius 1 is 0.694 bits per heavy atom. The van der Waals surface area contributed by atoms with Crippen LogP contribution in [0.5, 0.6) is 0 Å². The van der Waals surface area contributed by atoms with Gasteiger partial charge in [-0.25, -0.2) is 0 Å². The second kappa shape index (κ2) is 26.9. The molecule has 0 aromatic rings. The lowest BCUT2D eigenvalue weighted by molar-refractivity contribution is -0.124. The van der Waals surface area contributed by atoms with Gasteiger partial charge in [-0.2, -0.15) is 0 Å². The SMILES string of the molecule is CCCCCCC/C=C/CC/C=C/C(O)C(CO)NC(=O)CC(O)CCCCCCCCCCCC. The summed E-state index contributed by atoms with van der Waals surface area (Å²) in [6.07, 6.45) is 28.7. The molecule has 0 aliphatic carbocycles. The number of aliphatic hydroxyl groups is 3. The minimum atomic E-state index is -0.944. The largest absolute Gasteiger partial charge is 0.394 e. The van der Waals surface area contributed by atoms with Crippen molar-refractivity contribution in [1.29, 1.82) is 0 Å². The molecule has 0 radical (unpaired) electrons. The predicted molar refractivity (Wildman–Crippen MR) is 153 cm³/mol. The molecule has 0 heterocycles. The second-order valence-corrected chi connectivity index (χ2v) is 10.4. The summed E-state index contributed by atoms with van der Waals surface area (Å²) in [7, 11) is 0. The number of allylic oxidation sites excluding steroid dienone is 3. The lowest BCUT2D eigenvalue weighted by Crippen LogP contribution is -2.45. The number of hydrogen-bond acceptors (Lipinski definition) is 4. The van der Waals surface area contributed by atoms with E-state index >= 15 is 0 Å². The van der Waals surface area contributed by atoms with Crippen LogP contribution in [-0.4, -0.2) is 46.1 Å². The highest BCUT2D eigenvalue weighted by Crippen LogP contribution is 2.13. The van der Waals surface area contributed by atoms with Crippen LogP contribution >= 0.6 is 0 Å². The van der Waals surface area contributed by atoms with Crippen LogP contribution in [-0.2, 0) is 4.79 Å². The van der Waals surface area contributed by atoms with Gasteiger partial charge in [0.15, 0.2) is 0 Å². The fourth-order valence-electron chi connectivity index (χ4n) is 4.35.